The molecule has 0 aliphatic carbocycles. The van der Waals surface area contributed by atoms with E-state index in [0.29, 0.717) is 24.2 Å². The molecular weight excluding hydrogens is 326 g/mol. The first-order valence-corrected chi connectivity index (χ1v) is 7.48. The summed E-state index contributed by atoms with van der Waals surface area (Å²) in [5.41, 5.74) is 9.64. The van der Waals surface area contributed by atoms with Gasteiger partial charge in [0.15, 0.2) is 0 Å². The first-order chi connectivity index (χ1) is 11.2. The molecule has 0 atom stereocenters. The van der Waals surface area contributed by atoms with E-state index in [2.05, 4.69) is 5.32 Å². The van der Waals surface area contributed by atoms with Gasteiger partial charge in [-0.05, 0) is 12.1 Å². The maximum atomic E-state index is 12.9. The molecule has 122 valence electrons. The third kappa shape index (κ3) is 2.21. The summed E-state index contributed by atoms with van der Waals surface area (Å²) in [5, 5.41) is 2.83. The minimum absolute atomic E-state index is 0. The lowest BCUT2D eigenvalue weighted by molar-refractivity contribution is -0.113. The molecule has 3 N–H and O–H groups in total. The zero-order valence-electron chi connectivity index (χ0n) is 12.8. The number of carbonyl (C=O) groups is 2. The number of anilines is 2. The van der Waals surface area contributed by atoms with Crippen LogP contribution in [0, 0.1) is 0 Å². The van der Waals surface area contributed by atoms with E-state index < -0.39 is 0 Å². The Morgan fingerprint density at radius 1 is 0.917 bits per heavy atom. The van der Waals surface area contributed by atoms with Crippen molar-refractivity contribution < 1.29 is 9.59 Å². The highest BCUT2D eigenvalue weighted by molar-refractivity contribution is 6.49. The monoisotopic (exact) mass is 341 g/mol. The lowest BCUT2D eigenvalue weighted by atomic mass is 9.96. The maximum absolute atomic E-state index is 12.9. The van der Waals surface area contributed by atoms with Gasteiger partial charge in [-0.1, -0.05) is 36.4 Å². The summed E-state index contributed by atoms with van der Waals surface area (Å²) in [5.74, 6) is -0.405. The average Bonchev–Trinajstić information content (AvgIpc) is 3.02. The molecule has 5 nitrogen and oxygen atoms in total. The van der Waals surface area contributed by atoms with Crippen molar-refractivity contribution in [1.82, 2.24) is 0 Å². The number of para-hydroxylation sites is 2. The second kappa shape index (κ2) is 6.11. The molecule has 2 aromatic carbocycles. The molecule has 0 bridgehead atoms. The van der Waals surface area contributed by atoms with Gasteiger partial charge < -0.3 is 16.0 Å². The third-order valence-electron chi connectivity index (χ3n) is 4.20. The number of rotatable bonds is 2. The van der Waals surface area contributed by atoms with Gasteiger partial charge in [0.2, 0.25) is 0 Å². The Hall–Kier alpha value is -2.63. The van der Waals surface area contributed by atoms with Gasteiger partial charge in [0.05, 0.1) is 16.8 Å². The Labute approximate surface area is 145 Å². The van der Waals surface area contributed by atoms with Gasteiger partial charge in [-0.2, -0.15) is 0 Å². The van der Waals surface area contributed by atoms with Gasteiger partial charge in [0.1, 0.15) is 0 Å². The van der Waals surface area contributed by atoms with E-state index in [4.69, 9.17) is 5.73 Å². The number of nitrogens with two attached hydrogens (primary N) is 1. The second-order valence-corrected chi connectivity index (χ2v) is 5.51. The predicted octanol–water partition coefficient (Wildman–Crippen LogP) is 2.28. The molecule has 0 fully saturated rings. The van der Waals surface area contributed by atoms with Crippen molar-refractivity contribution in [2.75, 3.05) is 23.3 Å². The average molecular weight is 342 g/mol. The summed E-state index contributed by atoms with van der Waals surface area (Å²) in [7, 11) is 0. The Morgan fingerprint density at radius 3 is 2.33 bits per heavy atom. The molecule has 4 rings (SSSR count). The van der Waals surface area contributed by atoms with E-state index in [0.717, 1.165) is 22.5 Å². The van der Waals surface area contributed by atoms with E-state index in [1.54, 1.807) is 4.90 Å². The standard InChI is InChI=1S/C18H15N3O2.ClH/c19-9-10-21-14-8-4-2-6-12(14)16(18(21)23)15-11-5-1-3-7-13(11)20-17(15)22;/h1-8H,9-10,19H2,(H,20,22);1H/b16-15+;. The van der Waals surface area contributed by atoms with Crippen LogP contribution in [0.5, 0.6) is 0 Å². The topological polar surface area (TPSA) is 75.4 Å². The van der Waals surface area contributed by atoms with Gasteiger partial charge in [-0.25, -0.2) is 0 Å². The van der Waals surface area contributed by atoms with Gasteiger partial charge in [0.25, 0.3) is 11.8 Å². The molecule has 0 spiro atoms. The van der Waals surface area contributed by atoms with Crippen molar-refractivity contribution in [3.05, 3.63) is 59.7 Å². The number of amides is 2. The molecule has 0 unspecified atom stereocenters. The molecule has 0 saturated carbocycles. The van der Waals surface area contributed by atoms with E-state index in [1.807, 2.05) is 48.5 Å². The van der Waals surface area contributed by atoms with Gasteiger partial charge >= 0.3 is 0 Å². The number of halogens is 1. The van der Waals surface area contributed by atoms with Crippen LogP contribution < -0.4 is 16.0 Å². The fraction of sp³-hybridized carbons (Fsp3) is 0.111. The van der Waals surface area contributed by atoms with Gasteiger partial charge in [-0.15, -0.1) is 12.4 Å². The molecule has 2 amide bonds. The van der Waals surface area contributed by atoms with Crippen LogP contribution in [0.3, 0.4) is 0 Å². The molecule has 0 aromatic heterocycles. The second-order valence-electron chi connectivity index (χ2n) is 5.51. The lowest BCUT2D eigenvalue weighted by Gasteiger charge is -2.15. The molecule has 24 heavy (non-hydrogen) atoms. The van der Waals surface area contributed by atoms with Crippen LogP contribution in [-0.4, -0.2) is 24.9 Å². The molecule has 0 radical (unpaired) electrons. The highest BCUT2D eigenvalue weighted by Crippen LogP contribution is 2.44. The van der Waals surface area contributed by atoms with Crippen molar-refractivity contribution in [1.29, 1.82) is 0 Å². The van der Waals surface area contributed by atoms with Crippen molar-refractivity contribution in [2.24, 2.45) is 5.73 Å². The molecule has 2 aromatic rings. The quantitative estimate of drug-likeness (QED) is 0.823. The Balaban J connectivity index is 0.00000169. The molecule has 2 aliphatic heterocycles. The normalized spacial score (nSPS) is 18.1. The Bertz CT molecular complexity index is 876. The molecule has 2 aliphatic rings. The fourth-order valence-electron chi connectivity index (χ4n) is 3.24. The summed E-state index contributed by atoms with van der Waals surface area (Å²) in [6, 6.07) is 14.9. The zero-order chi connectivity index (χ0) is 16.0. The van der Waals surface area contributed by atoms with E-state index in [9.17, 15) is 9.59 Å². The fourth-order valence-corrected chi connectivity index (χ4v) is 3.24. The minimum Gasteiger partial charge on any atom is -0.329 e. The van der Waals surface area contributed by atoms with E-state index in [-0.39, 0.29) is 24.2 Å². The van der Waals surface area contributed by atoms with Crippen molar-refractivity contribution in [3.63, 3.8) is 0 Å². The van der Waals surface area contributed by atoms with Crippen LogP contribution in [-0.2, 0) is 9.59 Å². The van der Waals surface area contributed by atoms with Crippen LogP contribution in [0.15, 0.2) is 48.5 Å². The summed E-state index contributed by atoms with van der Waals surface area (Å²) in [6.07, 6.45) is 0. The summed E-state index contributed by atoms with van der Waals surface area (Å²) in [4.78, 5) is 27.0. The largest absolute Gasteiger partial charge is 0.329 e. The summed E-state index contributed by atoms with van der Waals surface area (Å²) >= 11 is 0. The number of nitrogens with one attached hydrogen (secondary N) is 1. The SMILES string of the molecule is Cl.NCCN1C(=O)/C(=C2/C(=O)Nc3ccccc32)c2ccccc21. The molecule has 2 heterocycles. The van der Waals surface area contributed by atoms with E-state index >= 15 is 0 Å². The molecule has 6 heteroatoms. The number of hydrogen-bond acceptors (Lipinski definition) is 3. The van der Waals surface area contributed by atoms with Crippen LogP contribution in [0.2, 0.25) is 0 Å². The van der Waals surface area contributed by atoms with Crippen LogP contribution in [0.4, 0.5) is 11.4 Å². The van der Waals surface area contributed by atoms with Gasteiger partial charge in [0, 0.05) is 29.9 Å². The molecular formula is C18H16ClN3O2. The zero-order valence-corrected chi connectivity index (χ0v) is 13.6. The number of benzene rings is 2. The smallest absolute Gasteiger partial charge is 0.259 e. The van der Waals surface area contributed by atoms with Crippen molar-refractivity contribution >= 4 is 46.7 Å². The molecule has 0 saturated heterocycles. The first-order valence-electron chi connectivity index (χ1n) is 7.48. The Kier molecular flexibility index (Phi) is 4.13. The number of fused-ring (bicyclic) bond motifs is 2. The Morgan fingerprint density at radius 2 is 1.58 bits per heavy atom. The van der Waals surface area contributed by atoms with Crippen LogP contribution >= 0.6 is 12.4 Å². The highest BCUT2D eigenvalue weighted by atomic mass is 35.5. The number of nitrogens with zero attached hydrogens (tertiary/aromatic N) is 1. The van der Waals surface area contributed by atoms with Crippen molar-refractivity contribution in [3.8, 4) is 0 Å². The number of carbonyl (C=O) groups excluding carboxylic acids is 2. The first kappa shape index (κ1) is 16.2. The van der Waals surface area contributed by atoms with E-state index in [1.165, 1.54) is 0 Å². The third-order valence-corrected chi connectivity index (χ3v) is 4.20. The van der Waals surface area contributed by atoms with Crippen LogP contribution in [0.1, 0.15) is 11.1 Å². The van der Waals surface area contributed by atoms with Crippen LogP contribution in [0.25, 0.3) is 11.1 Å². The maximum Gasteiger partial charge on any atom is 0.259 e. The predicted molar refractivity (Wildman–Crippen MR) is 97.0 cm³/mol. The number of hydrogen-bond donors (Lipinski definition) is 2. The summed E-state index contributed by atoms with van der Waals surface area (Å²) in [6.45, 7) is 0.793. The highest BCUT2D eigenvalue weighted by Gasteiger charge is 2.38. The van der Waals surface area contributed by atoms with Gasteiger partial charge in [-0.3, -0.25) is 9.59 Å². The van der Waals surface area contributed by atoms with Crippen molar-refractivity contribution in [2.45, 2.75) is 0 Å². The summed E-state index contributed by atoms with van der Waals surface area (Å²) < 4.78 is 0. The minimum atomic E-state index is -0.237. The lowest BCUT2D eigenvalue weighted by Crippen LogP contribution is -2.32.